The van der Waals surface area contributed by atoms with E-state index in [2.05, 4.69) is 33.2 Å². The van der Waals surface area contributed by atoms with E-state index in [1.165, 1.54) is 10.9 Å². The first-order chi connectivity index (χ1) is 10.8. The Kier molecular flexibility index (Phi) is 2.87. The van der Waals surface area contributed by atoms with Crippen molar-refractivity contribution in [2.75, 3.05) is 12.3 Å². The molecule has 0 aliphatic heterocycles. The number of fused-ring (bicyclic) bond motifs is 2. The van der Waals surface area contributed by atoms with Gasteiger partial charge < -0.3 is 21.4 Å². The van der Waals surface area contributed by atoms with Crippen molar-refractivity contribution in [3.63, 3.8) is 0 Å². The summed E-state index contributed by atoms with van der Waals surface area (Å²) in [5, 5.41) is 1.21. The molecule has 0 aliphatic carbocycles. The van der Waals surface area contributed by atoms with Crippen molar-refractivity contribution in [1.29, 1.82) is 0 Å². The van der Waals surface area contributed by atoms with E-state index in [1.807, 2.05) is 24.4 Å². The molecule has 2 aromatic heterocycles. The second-order valence-corrected chi connectivity index (χ2v) is 5.44. The topological polar surface area (TPSA) is 96.5 Å². The highest BCUT2D eigenvalue weighted by molar-refractivity contribution is 5.91. The highest BCUT2D eigenvalue weighted by atomic mass is 14.9. The monoisotopic (exact) mass is 291 g/mol. The molecular weight excluding hydrogens is 274 g/mol. The average molecular weight is 291 g/mol. The van der Waals surface area contributed by atoms with Crippen molar-refractivity contribution in [1.82, 2.24) is 15.0 Å². The predicted octanol–water partition coefficient (Wildman–Crippen LogP) is 2.79. The minimum atomic E-state index is 0.650. The molecule has 0 saturated heterocycles. The summed E-state index contributed by atoms with van der Waals surface area (Å²) in [4.78, 5) is 11.2. The van der Waals surface area contributed by atoms with Crippen molar-refractivity contribution >= 4 is 27.6 Å². The number of nitrogens with one attached hydrogen (secondary N) is 2. The number of nitrogens with zero attached hydrogens (tertiary/aromatic N) is 1. The van der Waals surface area contributed by atoms with Gasteiger partial charge in [0, 0.05) is 22.7 Å². The molecule has 22 heavy (non-hydrogen) atoms. The van der Waals surface area contributed by atoms with E-state index in [1.54, 1.807) is 0 Å². The number of para-hydroxylation sites is 1. The summed E-state index contributed by atoms with van der Waals surface area (Å²) in [6.45, 7) is 0.650. The summed E-state index contributed by atoms with van der Waals surface area (Å²) in [5.41, 5.74) is 17.4. The van der Waals surface area contributed by atoms with Crippen LogP contribution in [0.3, 0.4) is 0 Å². The normalized spacial score (nSPS) is 11.5. The smallest absolute Gasteiger partial charge is 0.138 e. The molecular formula is C17H17N5. The quantitative estimate of drug-likeness (QED) is 0.437. The lowest BCUT2D eigenvalue weighted by molar-refractivity contribution is 0.976. The van der Waals surface area contributed by atoms with Crippen LogP contribution in [-0.4, -0.2) is 21.5 Å². The Morgan fingerprint density at radius 1 is 1.09 bits per heavy atom. The Morgan fingerprint density at radius 2 is 2.00 bits per heavy atom. The molecule has 0 atom stereocenters. The van der Waals surface area contributed by atoms with E-state index >= 15 is 0 Å². The van der Waals surface area contributed by atoms with Gasteiger partial charge in [-0.1, -0.05) is 18.2 Å². The first-order valence-corrected chi connectivity index (χ1v) is 7.31. The van der Waals surface area contributed by atoms with Crippen LogP contribution in [0.25, 0.3) is 33.3 Å². The molecule has 5 heteroatoms. The Balaban J connectivity index is 1.84. The maximum Gasteiger partial charge on any atom is 0.138 e. The zero-order valence-corrected chi connectivity index (χ0v) is 12.1. The minimum Gasteiger partial charge on any atom is -0.397 e. The fourth-order valence-electron chi connectivity index (χ4n) is 2.89. The van der Waals surface area contributed by atoms with E-state index in [4.69, 9.17) is 11.5 Å². The SMILES string of the molecule is NCCc1c[nH]c2cc(-c3nc4c(N)cccc4[nH]3)ccc12. The minimum absolute atomic E-state index is 0.650. The van der Waals surface area contributed by atoms with Gasteiger partial charge in [0.15, 0.2) is 0 Å². The number of nitrogen functional groups attached to an aromatic ring is 1. The van der Waals surface area contributed by atoms with Gasteiger partial charge in [0.1, 0.15) is 11.3 Å². The number of nitrogens with two attached hydrogens (primary N) is 2. The summed E-state index contributed by atoms with van der Waals surface area (Å²) in [5.74, 6) is 0.824. The standard InChI is InChI=1S/C17H17N5/c18-7-6-11-9-20-15-8-10(4-5-12(11)15)17-21-14-3-1-2-13(19)16(14)22-17/h1-5,8-9,20H,6-7,18-19H2,(H,21,22). The fourth-order valence-corrected chi connectivity index (χ4v) is 2.89. The van der Waals surface area contributed by atoms with Crippen LogP contribution in [0, 0.1) is 0 Å². The van der Waals surface area contributed by atoms with Crippen LogP contribution < -0.4 is 11.5 Å². The van der Waals surface area contributed by atoms with Gasteiger partial charge in [0.25, 0.3) is 0 Å². The second-order valence-electron chi connectivity index (χ2n) is 5.44. The number of rotatable bonds is 3. The highest BCUT2D eigenvalue weighted by Gasteiger charge is 2.09. The third kappa shape index (κ3) is 1.95. The molecule has 0 radical (unpaired) electrons. The zero-order chi connectivity index (χ0) is 15.1. The van der Waals surface area contributed by atoms with Gasteiger partial charge in [-0.15, -0.1) is 0 Å². The molecule has 0 fully saturated rings. The molecule has 0 bridgehead atoms. The van der Waals surface area contributed by atoms with E-state index in [9.17, 15) is 0 Å². The Hall–Kier alpha value is -2.79. The van der Waals surface area contributed by atoms with Crippen LogP contribution in [0.5, 0.6) is 0 Å². The van der Waals surface area contributed by atoms with E-state index < -0.39 is 0 Å². The maximum atomic E-state index is 5.97. The molecule has 0 spiro atoms. The van der Waals surface area contributed by atoms with Crippen LogP contribution in [0.15, 0.2) is 42.6 Å². The number of aromatic nitrogens is 3. The van der Waals surface area contributed by atoms with Crippen LogP contribution >= 0.6 is 0 Å². The van der Waals surface area contributed by atoms with Crippen molar-refractivity contribution < 1.29 is 0 Å². The lowest BCUT2D eigenvalue weighted by atomic mass is 10.1. The highest BCUT2D eigenvalue weighted by Crippen LogP contribution is 2.27. The summed E-state index contributed by atoms with van der Waals surface area (Å²) >= 11 is 0. The van der Waals surface area contributed by atoms with Gasteiger partial charge in [-0.25, -0.2) is 4.98 Å². The number of imidazole rings is 1. The number of H-pyrrole nitrogens is 2. The van der Waals surface area contributed by atoms with Gasteiger partial charge in [-0.05, 0) is 36.7 Å². The Bertz CT molecular complexity index is 964. The van der Waals surface area contributed by atoms with Crippen LogP contribution in [0.4, 0.5) is 5.69 Å². The molecule has 110 valence electrons. The molecule has 4 aromatic rings. The second kappa shape index (κ2) is 4.89. The number of aromatic amines is 2. The lowest BCUT2D eigenvalue weighted by Gasteiger charge is -1.99. The molecule has 0 amide bonds. The Labute approximate surface area is 127 Å². The molecule has 0 unspecified atom stereocenters. The van der Waals surface area contributed by atoms with Gasteiger partial charge >= 0.3 is 0 Å². The van der Waals surface area contributed by atoms with Crippen LogP contribution in [0.2, 0.25) is 0 Å². The molecule has 2 aromatic carbocycles. The van der Waals surface area contributed by atoms with E-state index in [-0.39, 0.29) is 0 Å². The molecule has 0 saturated carbocycles. The summed E-state index contributed by atoms with van der Waals surface area (Å²) < 4.78 is 0. The van der Waals surface area contributed by atoms with Crippen LogP contribution in [-0.2, 0) is 6.42 Å². The molecule has 6 N–H and O–H groups in total. The fraction of sp³-hybridized carbons (Fsp3) is 0.118. The third-order valence-corrected chi connectivity index (χ3v) is 4.00. The van der Waals surface area contributed by atoms with E-state index in [0.29, 0.717) is 12.2 Å². The van der Waals surface area contributed by atoms with Crippen molar-refractivity contribution in [3.8, 4) is 11.4 Å². The molecule has 0 aliphatic rings. The zero-order valence-electron chi connectivity index (χ0n) is 12.1. The number of anilines is 1. The lowest BCUT2D eigenvalue weighted by Crippen LogP contribution is -2.01. The predicted molar refractivity (Wildman–Crippen MR) is 90.6 cm³/mol. The van der Waals surface area contributed by atoms with Gasteiger partial charge in [-0.2, -0.15) is 0 Å². The largest absolute Gasteiger partial charge is 0.397 e. The van der Waals surface area contributed by atoms with Crippen molar-refractivity contribution in [2.24, 2.45) is 5.73 Å². The summed E-state index contributed by atoms with van der Waals surface area (Å²) in [6.07, 6.45) is 2.90. The third-order valence-electron chi connectivity index (χ3n) is 4.00. The first kappa shape index (κ1) is 12.9. The number of hydrogen-bond donors (Lipinski definition) is 4. The molecule has 5 nitrogen and oxygen atoms in total. The van der Waals surface area contributed by atoms with Crippen molar-refractivity contribution in [2.45, 2.75) is 6.42 Å². The average Bonchev–Trinajstić information content (AvgIpc) is 3.12. The number of benzene rings is 2. The van der Waals surface area contributed by atoms with Gasteiger partial charge in [-0.3, -0.25) is 0 Å². The maximum absolute atomic E-state index is 5.97. The Morgan fingerprint density at radius 3 is 2.82 bits per heavy atom. The first-order valence-electron chi connectivity index (χ1n) is 7.31. The van der Waals surface area contributed by atoms with E-state index in [0.717, 1.165) is 34.4 Å². The van der Waals surface area contributed by atoms with Crippen molar-refractivity contribution in [3.05, 3.63) is 48.2 Å². The molecule has 4 rings (SSSR count). The molecule has 2 heterocycles. The summed E-state index contributed by atoms with van der Waals surface area (Å²) in [6, 6.07) is 12.1. The summed E-state index contributed by atoms with van der Waals surface area (Å²) in [7, 11) is 0. The van der Waals surface area contributed by atoms with Gasteiger partial charge in [0.05, 0.1) is 11.2 Å². The van der Waals surface area contributed by atoms with Gasteiger partial charge in [0.2, 0.25) is 0 Å². The van der Waals surface area contributed by atoms with Crippen LogP contribution in [0.1, 0.15) is 5.56 Å². The number of hydrogen-bond acceptors (Lipinski definition) is 3.